The number of hydrogen-bond acceptors (Lipinski definition) is 8. The summed E-state index contributed by atoms with van der Waals surface area (Å²) in [7, 11) is 0. The summed E-state index contributed by atoms with van der Waals surface area (Å²) in [6.07, 6.45) is 1.09. The quantitative estimate of drug-likeness (QED) is 0.0523. The van der Waals surface area contributed by atoms with Crippen molar-refractivity contribution in [2.75, 3.05) is 13.1 Å². The van der Waals surface area contributed by atoms with Gasteiger partial charge >= 0.3 is 5.97 Å². The first-order chi connectivity index (χ1) is 16.8. The molecule has 0 aliphatic heterocycles. The van der Waals surface area contributed by atoms with Crippen LogP contribution in [0.2, 0.25) is 0 Å². The van der Waals surface area contributed by atoms with Crippen molar-refractivity contribution in [1.29, 1.82) is 0 Å². The average Bonchev–Trinajstić information content (AvgIpc) is 2.81. The summed E-state index contributed by atoms with van der Waals surface area (Å²) in [5.74, 6) is -3.72. The van der Waals surface area contributed by atoms with Gasteiger partial charge in [0, 0.05) is 6.54 Å². The third-order valence-electron chi connectivity index (χ3n) is 5.76. The van der Waals surface area contributed by atoms with E-state index in [1.165, 1.54) is 6.92 Å². The Bertz CT molecular complexity index is 744. The van der Waals surface area contributed by atoms with Gasteiger partial charge in [-0.25, -0.2) is 4.79 Å². The minimum atomic E-state index is -1.24. The number of carbonyl (C=O) groups excluding carboxylic acids is 3. The molecule has 0 saturated carbocycles. The normalized spacial score (nSPS) is 15.9. The van der Waals surface area contributed by atoms with Crippen LogP contribution in [0, 0.1) is 5.92 Å². The van der Waals surface area contributed by atoms with Crippen LogP contribution >= 0.6 is 0 Å². The lowest BCUT2D eigenvalue weighted by Gasteiger charge is -2.28. The molecular weight excluding hydrogens is 472 g/mol. The van der Waals surface area contributed by atoms with Crippen molar-refractivity contribution in [3.8, 4) is 0 Å². The molecule has 0 saturated heterocycles. The molecule has 14 heteroatoms. The third kappa shape index (κ3) is 12.7. The number of aliphatic carboxylic acids is 1. The van der Waals surface area contributed by atoms with E-state index in [4.69, 9.17) is 22.9 Å². The summed E-state index contributed by atoms with van der Waals surface area (Å²) in [5, 5.41) is 26.7. The summed E-state index contributed by atoms with van der Waals surface area (Å²) < 4.78 is 0. The van der Waals surface area contributed by atoms with Crippen LogP contribution in [0.3, 0.4) is 0 Å². The molecule has 0 aromatic heterocycles. The van der Waals surface area contributed by atoms with Crippen LogP contribution in [0.1, 0.15) is 59.3 Å². The minimum absolute atomic E-state index is 0.109. The second kappa shape index (κ2) is 17.5. The Balaban J connectivity index is 5.65. The van der Waals surface area contributed by atoms with Gasteiger partial charge in [0.2, 0.25) is 17.7 Å². The molecule has 0 heterocycles. The lowest BCUT2D eigenvalue weighted by Crippen LogP contribution is -2.59. The number of carboxylic acid groups (broad SMARTS) is 1. The second-order valence-corrected chi connectivity index (χ2v) is 8.83. The first kappa shape index (κ1) is 33.0. The number of hydrogen-bond donors (Lipinski definition) is 9. The number of aliphatic imine (C=N–C) groups is 1. The number of guanidine groups is 1. The second-order valence-electron chi connectivity index (χ2n) is 8.83. The highest BCUT2D eigenvalue weighted by atomic mass is 16.4. The monoisotopic (exact) mass is 516 g/mol. The third-order valence-corrected chi connectivity index (χ3v) is 5.76. The number of nitrogens with zero attached hydrogens (tertiary/aromatic N) is 1. The van der Waals surface area contributed by atoms with Crippen LogP contribution in [0.25, 0.3) is 0 Å². The molecule has 3 amide bonds. The molecule has 0 bridgehead atoms. The highest BCUT2D eigenvalue weighted by Gasteiger charge is 2.32. The zero-order valence-corrected chi connectivity index (χ0v) is 21.4. The summed E-state index contributed by atoms with van der Waals surface area (Å²) in [6.45, 7) is 5.50. The number of amides is 3. The summed E-state index contributed by atoms with van der Waals surface area (Å²) >= 11 is 0. The molecule has 0 fully saturated rings. The fraction of sp³-hybridized carbons (Fsp3) is 0.773. The van der Waals surface area contributed by atoms with Gasteiger partial charge in [0.05, 0.1) is 6.10 Å². The van der Waals surface area contributed by atoms with Gasteiger partial charge in [-0.15, -0.1) is 0 Å². The Morgan fingerprint density at radius 1 is 0.889 bits per heavy atom. The Hall–Kier alpha value is -2.97. The Labute approximate surface area is 212 Å². The molecule has 208 valence electrons. The molecule has 0 aromatic rings. The zero-order chi connectivity index (χ0) is 27.8. The number of carboxylic acids is 1. The number of carbonyl (C=O) groups is 4. The van der Waals surface area contributed by atoms with E-state index >= 15 is 0 Å². The van der Waals surface area contributed by atoms with E-state index < -0.39 is 54.0 Å². The number of rotatable bonds is 18. The van der Waals surface area contributed by atoms with Crippen LogP contribution in [0.15, 0.2) is 4.99 Å². The predicted octanol–water partition coefficient (Wildman–Crippen LogP) is -2.54. The number of aliphatic hydroxyl groups excluding tert-OH is 1. The Kier molecular flexibility index (Phi) is 16.0. The van der Waals surface area contributed by atoms with Crippen LogP contribution in [-0.4, -0.2) is 83.2 Å². The molecule has 13 N–H and O–H groups in total. The van der Waals surface area contributed by atoms with Crippen LogP contribution in [0.5, 0.6) is 0 Å². The lowest BCUT2D eigenvalue weighted by molar-refractivity contribution is -0.142. The molecule has 0 rings (SSSR count). The molecular formula is C22H44N8O6. The SMILES string of the molecule is CCC(C)C(NC(=O)C(N)C(C)O)C(=O)NC(CCCN=C(N)N)C(=O)NC(CCCCN)C(=O)O. The summed E-state index contributed by atoms with van der Waals surface area (Å²) in [4.78, 5) is 54.0. The average molecular weight is 517 g/mol. The summed E-state index contributed by atoms with van der Waals surface area (Å²) in [6, 6.07) is -4.56. The summed E-state index contributed by atoms with van der Waals surface area (Å²) in [5.41, 5.74) is 21.8. The maximum atomic E-state index is 13.2. The Morgan fingerprint density at radius 3 is 1.97 bits per heavy atom. The van der Waals surface area contributed by atoms with Crippen molar-refractivity contribution < 1.29 is 29.4 Å². The van der Waals surface area contributed by atoms with Gasteiger partial charge in [-0.2, -0.15) is 0 Å². The molecule has 14 nitrogen and oxygen atoms in total. The van der Waals surface area contributed by atoms with Gasteiger partial charge in [0.25, 0.3) is 0 Å². The number of nitrogens with two attached hydrogens (primary N) is 4. The first-order valence-corrected chi connectivity index (χ1v) is 12.2. The van der Waals surface area contributed by atoms with Crippen LogP contribution < -0.4 is 38.9 Å². The molecule has 0 aliphatic rings. The van der Waals surface area contributed by atoms with E-state index in [0.717, 1.165) is 0 Å². The predicted molar refractivity (Wildman–Crippen MR) is 135 cm³/mol. The van der Waals surface area contributed by atoms with Crippen molar-refractivity contribution in [3.05, 3.63) is 0 Å². The highest BCUT2D eigenvalue weighted by molar-refractivity contribution is 5.94. The van der Waals surface area contributed by atoms with E-state index in [0.29, 0.717) is 32.2 Å². The van der Waals surface area contributed by atoms with Crippen LogP contribution in [0.4, 0.5) is 0 Å². The van der Waals surface area contributed by atoms with Crippen molar-refractivity contribution in [1.82, 2.24) is 16.0 Å². The van der Waals surface area contributed by atoms with Gasteiger partial charge < -0.3 is 49.1 Å². The number of nitrogens with one attached hydrogen (secondary N) is 3. The number of aliphatic hydroxyl groups is 1. The van der Waals surface area contributed by atoms with Gasteiger partial charge in [0.1, 0.15) is 24.2 Å². The molecule has 6 unspecified atom stereocenters. The van der Waals surface area contributed by atoms with E-state index in [1.54, 1.807) is 6.92 Å². The van der Waals surface area contributed by atoms with Crippen molar-refractivity contribution in [2.45, 2.75) is 89.6 Å². The molecule has 0 aromatic carbocycles. The fourth-order valence-electron chi connectivity index (χ4n) is 3.23. The van der Waals surface area contributed by atoms with E-state index in [-0.39, 0.29) is 31.3 Å². The van der Waals surface area contributed by atoms with Crippen molar-refractivity contribution in [3.63, 3.8) is 0 Å². The van der Waals surface area contributed by atoms with Gasteiger partial charge in [-0.1, -0.05) is 20.3 Å². The van der Waals surface area contributed by atoms with Crippen LogP contribution in [-0.2, 0) is 19.2 Å². The molecule has 0 aliphatic carbocycles. The van der Waals surface area contributed by atoms with E-state index in [2.05, 4.69) is 20.9 Å². The molecule has 6 atom stereocenters. The highest BCUT2D eigenvalue weighted by Crippen LogP contribution is 2.11. The largest absolute Gasteiger partial charge is 0.480 e. The molecule has 0 spiro atoms. The van der Waals surface area contributed by atoms with E-state index in [9.17, 15) is 29.4 Å². The smallest absolute Gasteiger partial charge is 0.326 e. The Morgan fingerprint density at radius 2 is 1.47 bits per heavy atom. The van der Waals surface area contributed by atoms with Crippen molar-refractivity contribution >= 4 is 29.7 Å². The van der Waals surface area contributed by atoms with E-state index in [1.807, 2.05) is 6.92 Å². The maximum absolute atomic E-state index is 13.2. The first-order valence-electron chi connectivity index (χ1n) is 12.2. The number of unbranched alkanes of at least 4 members (excludes halogenated alkanes) is 1. The topological polar surface area (TPSA) is 261 Å². The zero-order valence-electron chi connectivity index (χ0n) is 21.4. The fourth-order valence-corrected chi connectivity index (χ4v) is 3.23. The van der Waals surface area contributed by atoms with Gasteiger partial charge in [-0.05, 0) is 51.5 Å². The molecule has 36 heavy (non-hydrogen) atoms. The van der Waals surface area contributed by atoms with Gasteiger partial charge in [0.15, 0.2) is 5.96 Å². The van der Waals surface area contributed by atoms with Crippen molar-refractivity contribution in [2.24, 2.45) is 33.8 Å². The minimum Gasteiger partial charge on any atom is -0.480 e. The molecule has 0 radical (unpaired) electrons. The lowest BCUT2D eigenvalue weighted by atomic mass is 9.96. The standard InChI is InChI=1S/C22H44N8O6/c1-4-12(2)17(30-19(33)16(24)13(3)31)20(34)28-14(9-7-11-27-22(25)26)18(32)29-15(21(35)36)8-5-6-10-23/h12-17,31H,4-11,23-24H2,1-3H3,(H,28,34)(H,29,32)(H,30,33)(H,35,36)(H4,25,26,27). The van der Waals surface area contributed by atoms with Gasteiger partial charge in [-0.3, -0.25) is 19.4 Å². The maximum Gasteiger partial charge on any atom is 0.326 e.